The zero-order chi connectivity index (χ0) is 8.81. The number of hydrogen-bond acceptors (Lipinski definition) is 0. The molecule has 0 heterocycles. The number of rotatable bonds is 0. The van der Waals surface area contributed by atoms with E-state index in [-0.39, 0.29) is 0 Å². The molecule has 70 valence electrons. The van der Waals surface area contributed by atoms with Gasteiger partial charge in [0.05, 0.1) is 0 Å². The zero-order valence-electron chi connectivity index (χ0n) is 8.66. The maximum Gasteiger partial charge on any atom is -0.0318 e. The maximum atomic E-state index is 2.00. The van der Waals surface area contributed by atoms with Gasteiger partial charge < -0.3 is 0 Å². The quantitative estimate of drug-likeness (QED) is 0.466. The molecule has 0 saturated carbocycles. The first kappa shape index (κ1) is 9.83. The van der Waals surface area contributed by atoms with Gasteiger partial charge in [0.2, 0.25) is 0 Å². The van der Waals surface area contributed by atoms with Crippen molar-refractivity contribution >= 4 is 0 Å². The summed E-state index contributed by atoms with van der Waals surface area (Å²) in [4.78, 5) is 0. The van der Waals surface area contributed by atoms with Gasteiger partial charge in [0.1, 0.15) is 0 Å². The minimum atomic E-state index is 1.44. The monoisotopic (exact) mass is 166 g/mol. The molecule has 0 N–H and O–H groups in total. The molecule has 2 rings (SSSR count). The van der Waals surface area contributed by atoms with Crippen LogP contribution in [0.3, 0.4) is 0 Å². The fraction of sp³-hybridized carbons (Fsp3) is 0.833. The first-order valence-electron chi connectivity index (χ1n) is 5.66. The van der Waals surface area contributed by atoms with Gasteiger partial charge >= 0.3 is 0 Å². The van der Waals surface area contributed by atoms with E-state index >= 15 is 0 Å². The van der Waals surface area contributed by atoms with Crippen molar-refractivity contribution in [2.24, 2.45) is 0 Å². The Hall–Kier alpha value is -0.260. The van der Waals surface area contributed by atoms with Crippen LogP contribution in [-0.4, -0.2) is 0 Å². The average Bonchev–Trinajstić information content (AvgIpc) is 2.21. The topological polar surface area (TPSA) is 0 Å². The molecule has 0 aromatic rings. The van der Waals surface area contributed by atoms with Crippen LogP contribution in [0.1, 0.15) is 65.2 Å². The van der Waals surface area contributed by atoms with E-state index in [0.29, 0.717) is 0 Å². The van der Waals surface area contributed by atoms with Crippen LogP contribution in [0.25, 0.3) is 0 Å². The third kappa shape index (κ3) is 2.36. The van der Waals surface area contributed by atoms with Crippen LogP contribution in [0.2, 0.25) is 0 Å². The first-order valence-corrected chi connectivity index (χ1v) is 5.66. The lowest BCUT2D eigenvalue weighted by molar-refractivity contribution is 0.558. The lowest BCUT2D eigenvalue weighted by Gasteiger charge is -2.24. The van der Waals surface area contributed by atoms with Gasteiger partial charge in [-0.2, -0.15) is 0 Å². The molecule has 0 amide bonds. The normalized spacial score (nSPS) is 22.5. The molecule has 0 fully saturated rings. The third-order valence-electron chi connectivity index (χ3n) is 2.91. The van der Waals surface area contributed by atoms with E-state index in [2.05, 4.69) is 0 Å². The Morgan fingerprint density at radius 2 is 0.833 bits per heavy atom. The van der Waals surface area contributed by atoms with Gasteiger partial charge in [0, 0.05) is 0 Å². The van der Waals surface area contributed by atoms with E-state index in [4.69, 9.17) is 0 Å². The minimum absolute atomic E-state index is 1.44. The molecule has 0 saturated heterocycles. The highest BCUT2D eigenvalue weighted by atomic mass is 14.2. The fourth-order valence-corrected chi connectivity index (χ4v) is 2.31. The van der Waals surface area contributed by atoms with Gasteiger partial charge in [-0.1, -0.05) is 25.0 Å². The van der Waals surface area contributed by atoms with E-state index in [1.807, 2.05) is 25.0 Å². The van der Waals surface area contributed by atoms with Crippen molar-refractivity contribution in [2.75, 3.05) is 0 Å². The van der Waals surface area contributed by atoms with Crippen LogP contribution in [0.5, 0.6) is 0 Å². The van der Waals surface area contributed by atoms with Crippen molar-refractivity contribution in [3.05, 3.63) is 11.1 Å². The zero-order valence-corrected chi connectivity index (χ0v) is 8.66. The highest BCUT2D eigenvalue weighted by molar-refractivity contribution is 5.19. The Kier molecular flexibility index (Phi) is 4.42. The first-order chi connectivity index (χ1) is 5.97. The second-order valence-electron chi connectivity index (χ2n) is 3.62. The summed E-state index contributed by atoms with van der Waals surface area (Å²) >= 11 is 0. The van der Waals surface area contributed by atoms with Gasteiger partial charge in [-0.3, -0.25) is 0 Å². The van der Waals surface area contributed by atoms with Crippen molar-refractivity contribution < 1.29 is 0 Å². The molecular formula is C12H22. The number of hydrogen-bond donors (Lipinski definition) is 0. The van der Waals surface area contributed by atoms with Crippen LogP contribution >= 0.6 is 0 Å². The molecule has 2 aliphatic carbocycles. The van der Waals surface area contributed by atoms with Crippen LogP contribution in [0, 0.1) is 0 Å². The van der Waals surface area contributed by atoms with Crippen LogP contribution in [-0.2, 0) is 0 Å². The van der Waals surface area contributed by atoms with Gasteiger partial charge in [0.15, 0.2) is 0 Å². The van der Waals surface area contributed by atoms with Gasteiger partial charge in [-0.05, 0) is 51.4 Å². The standard InChI is InChI=1S/C10H16.C2H6/c1-2-6-10-8-4-3-7-9(10)5-1;1-2/h1-8H2;1-2H3. The van der Waals surface area contributed by atoms with Crippen LogP contribution in [0.15, 0.2) is 11.1 Å². The van der Waals surface area contributed by atoms with E-state index in [9.17, 15) is 0 Å². The average molecular weight is 166 g/mol. The smallest absolute Gasteiger partial charge is 0.0318 e. The highest BCUT2D eigenvalue weighted by Crippen LogP contribution is 2.34. The van der Waals surface area contributed by atoms with Gasteiger partial charge in [-0.15, -0.1) is 0 Å². The molecule has 0 bridgehead atoms. The molecule has 0 spiro atoms. The summed E-state index contributed by atoms with van der Waals surface area (Å²) in [6, 6.07) is 0. The summed E-state index contributed by atoms with van der Waals surface area (Å²) in [7, 11) is 0. The molecule has 0 aromatic heterocycles. The van der Waals surface area contributed by atoms with Crippen LogP contribution in [0.4, 0.5) is 0 Å². The molecule has 12 heavy (non-hydrogen) atoms. The molecule has 0 nitrogen and oxygen atoms in total. The minimum Gasteiger partial charge on any atom is -0.0710 e. The number of allylic oxidation sites excluding steroid dienone is 2. The summed E-state index contributed by atoms with van der Waals surface area (Å²) in [5.41, 5.74) is 3.69. The van der Waals surface area contributed by atoms with Gasteiger partial charge in [-0.25, -0.2) is 0 Å². The summed E-state index contributed by atoms with van der Waals surface area (Å²) in [5, 5.41) is 0. The van der Waals surface area contributed by atoms with Gasteiger partial charge in [0.25, 0.3) is 0 Å². The molecule has 2 aliphatic rings. The lowest BCUT2D eigenvalue weighted by atomic mass is 9.82. The Morgan fingerprint density at radius 1 is 0.583 bits per heavy atom. The predicted octanol–water partition coefficient (Wildman–Crippen LogP) is 4.46. The predicted molar refractivity (Wildman–Crippen MR) is 55.3 cm³/mol. The molecule has 0 unspecified atom stereocenters. The second kappa shape index (κ2) is 5.40. The van der Waals surface area contributed by atoms with E-state index < -0.39 is 0 Å². The van der Waals surface area contributed by atoms with Crippen molar-refractivity contribution in [1.29, 1.82) is 0 Å². The van der Waals surface area contributed by atoms with Crippen molar-refractivity contribution in [2.45, 2.75) is 65.2 Å². The van der Waals surface area contributed by atoms with E-state index in [1.54, 1.807) is 0 Å². The lowest BCUT2D eigenvalue weighted by Crippen LogP contribution is -2.04. The summed E-state index contributed by atoms with van der Waals surface area (Å²) in [6.07, 6.45) is 11.6. The Morgan fingerprint density at radius 3 is 1.08 bits per heavy atom. The molecule has 0 aromatic carbocycles. The molecule has 0 aliphatic heterocycles. The van der Waals surface area contributed by atoms with Crippen LogP contribution < -0.4 is 0 Å². The Bertz CT molecular complexity index is 119. The second-order valence-corrected chi connectivity index (χ2v) is 3.62. The molecule has 0 radical (unpaired) electrons. The van der Waals surface area contributed by atoms with Crippen molar-refractivity contribution in [3.63, 3.8) is 0 Å². The maximum absolute atomic E-state index is 2.00. The van der Waals surface area contributed by atoms with Crippen molar-refractivity contribution in [3.8, 4) is 0 Å². The molecule has 0 atom stereocenters. The largest absolute Gasteiger partial charge is 0.0710 e. The third-order valence-corrected chi connectivity index (χ3v) is 2.91. The summed E-state index contributed by atoms with van der Waals surface area (Å²) < 4.78 is 0. The van der Waals surface area contributed by atoms with Crippen molar-refractivity contribution in [1.82, 2.24) is 0 Å². The summed E-state index contributed by atoms with van der Waals surface area (Å²) in [6.45, 7) is 4.00. The summed E-state index contributed by atoms with van der Waals surface area (Å²) in [5.74, 6) is 0. The molecule has 0 heteroatoms. The fourth-order valence-electron chi connectivity index (χ4n) is 2.31. The Labute approximate surface area is 77.1 Å². The SMILES string of the molecule is C1CCC2=C(C1)CCCC2.CC. The van der Waals surface area contributed by atoms with E-state index in [1.165, 1.54) is 51.4 Å². The highest BCUT2D eigenvalue weighted by Gasteiger charge is 2.15. The molecular weight excluding hydrogens is 144 g/mol. The van der Waals surface area contributed by atoms with E-state index in [0.717, 1.165) is 0 Å². The Balaban J connectivity index is 0.000000336.